The highest BCUT2D eigenvalue weighted by atomic mass is 32.2. The molecule has 0 spiro atoms. The SMILES string of the molecule is COc1ccc(N(C)C(=O)c2cnccc2CN2C(=O)N(c3ccc(S(=O)(=O)C(F)(F)F)cc3)C(=O)C2C)cc1. The summed E-state index contributed by atoms with van der Waals surface area (Å²) in [5.41, 5.74) is -4.44. The summed E-state index contributed by atoms with van der Waals surface area (Å²) in [6.45, 7) is 1.32. The van der Waals surface area contributed by atoms with E-state index in [0.29, 0.717) is 29.1 Å². The molecule has 1 aliphatic heterocycles. The third-order valence-electron chi connectivity index (χ3n) is 6.44. The van der Waals surface area contributed by atoms with Gasteiger partial charge in [0.25, 0.3) is 21.7 Å². The Bertz CT molecular complexity index is 1560. The number of hydrogen-bond acceptors (Lipinski definition) is 7. The van der Waals surface area contributed by atoms with Crippen molar-refractivity contribution in [1.82, 2.24) is 9.88 Å². The molecule has 0 bridgehead atoms. The molecule has 4 amide bonds. The highest BCUT2D eigenvalue weighted by Crippen LogP contribution is 2.33. The lowest BCUT2D eigenvalue weighted by Crippen LogP contribution is -2.35. The van der Waals surface area contributed by atoms with Gasteiger partial charge in [-0.25, -0.2) is 18.1 Å². The van der Waals surface area contributed by atoms with Crippen molar-refractivity contribution in [3.05, 3.63) is 78.1 Å². The Labute approximate surface area is 227 Å². The van der Waals surface area contributed by atoms with Crippen molar-refractivity contribution < 1.29 is 40.7 Å². The molecule has 14 heteroatoms. The Morgan fingerprint density at radius 1 is 1.05 bits per heavy atom. The molecule has 1 fully saturated rings. The van der Waals surface area contributed by atoms with E-state index in [1.807, 2.05) is 0 Å². The molecule has 40 heavy (non-hydrogen) atoms. The van der Waals surface area contributed by atoms with Crippen LogP contribution < -0.4 is 14.5 Å². The summed E-state index contributed by atoms with van der Waals surface area (Å²) in [7, 11) is -2.51. The minimum Gasteiger partial charge on any atom is -0.497 e. The van der Waals surface area contributed by atoms with Gasteiger partial charge in [0.1, 0.15) is 11.8 Å². The Balaban J connectivity index is 1.58. The first-order valence-electron chi connectivity index (χ1n) is 11.7. The highest BCUT2D eigenvalue weighted by molar-refractivity contribution is 7.92. The van der Waals surface area contributed by atoms with Gasteiger partial charge in [0.05, 0.1) is 23.3 Å². The fourth-order valence-corrected chi connectivity index (χ4v) is 4.86. The van der Waals surface area contributed by atoms with Crippen LogP contribution in [-0.2, 0) is 21.2 Å². The summed E-state index contributed by atoms with van der Waals surface area (Å²) < 4.78 is 67.1. The van der Waals surface area contributed by atoms with Gasteiger partial charge in [-0.05, 0) is 67.1 Å². The molecule has 10 nitrogen and oxygen atoms in total. The van der Waals surface area contributed by atoms with E-state index >= 15 is 0 Å². The van der Waals surface area contributed by atoms with Gasteiger partial charge in [-0.3, -0.25) is 14.6 Å². The molecule has 1 atom stereocenters. The Morgan fingerprint density at radius 3 is 2.25 bits per heavy atom. The first kappa shape index (κ1) is 28.5. The number of sulfone groups is 1. The van der Waals surface area contributed by atoms with Crippen LogP contribution in [0.5, 0.6) is 5.75 Å². The number of anilines is 2. The summed E-state index contributed by atoms with van der Waals surface area (Å²) in [6.07, 6.45) is 2.78. The van der Waals surface area contributed by atoms with Crippen molar-refractivity contribution in [3.8, 4) is 5.75 Å². The van der Waals surface area contributed by atoms with Gasteiger partial charge in [0, 0.05) is 31.7 Å². The van der Waals surface area contributed by atoms with Crippen molar-refractivity contribution in [2.75, 3.05) is 24.0 Å². The van der Waals surface area contributed by atoms with E-state index in [4.69, 9.17) is 4.74 Å². The molecule has 210 valence electrons. The molecule has 0 N–H and O–H groups in total. The molecule has 0 saturated carbocycles. The maximum absolute atomic E-state index is 13.3. The average Bonchev–Trinajstić information content (AvgIpc) is 3.14. The topological polar surface area (TPSA) is 117 Å². The van der Waals surface area contributed by atoms with Gasteiger partial charge < -0.3 is 14.5 Å². The lowest BCUT2D eigenvalue weighted by atomic mass is 10.1. The number of carbonyl (C=O) groups excluding carboxylic acids is 3. The number of halogens is 3. The van der Waals surface area contributed by atoms with Crippen LogP contribution in [0.25, 0.3) is 0 Å². The van der Waals surface area contributed by atoms with Crippen LogP contribution >= 0.6 is 0 Å². The van der Waals surface area contributed by atoms with Gasteiger partial charge >= 0.3 is 11.5 Å². The molecule has 1 aromatic heterocycles. The number of amides is 4. The van der Waals surface area contributed by atoms with Crippen LogP contribution in [0.15, 0.2) is 71.9 Å². The second-order valence-corrected chi connectivity index (χ2v) is 10.7. The number of ether oxygens (including phenoxy) is 1. The monoisotopic (exact) mass is 576 g/mol. The second-order valence-electron chi connectivity index (χ2n) is 8.80. The van der Waals surface area contributed by atoms with E-state index in [0.717, 1.165) is 17.0 Å². The van der Waals surface area contributed by atoms with E-state index in [9.17, 15) is 36.0 Å². The smallest absolute Gasteiger partial charge is 0.497 e. The maximum Gasteiger partial charge on any atom is 0.501 e. The first-order valence-corrected chi connectivity index (χ1v) is 13.2. The molecule has 2 heterocycles. The highest BCUT2D eigenvalue weighted by Gasteiger charge is 2.47. The van der Waals surface area contributed by atoms with Gasteiger partial charge in [-0.2, -0.15) is 13.2 Å². The van der Waals surface area contributed by atoms with Crippen molar-refractivity contribution in [1.29, 1.82) is 0 Å². The fourth-order valence-electron chi connectivity index (χ4n) is 4.10. The average molecular weight is 577 g/mol. The molecule has 1 unspecified atom stereocenters. The van der Waals surface area contributed by atoms with Crippen LogP contribution in [0, 0.1) is 0 Å². The molecule has 1 saturated heterocycles. The van der Waals surface area contributed by atoms with Crippen LogP contribution in [0.1, 0.15) is 22.8 Å². The van der Waals surface area contributed by atoms with E-state index < -0.39 is 44.1 Å². The molecule has 1 aliphatic rings. The summed E-state index contributed by atoms with van der Waals surface area (Å²) in [6, 6.07) is 9.81. The Morgan fingerprint density at radius 2 is 1.68 bits per heavy atom. The zero-order valence-corrected chi connectivity index (χ0v) is 22.2. The molecule has 4 rings (SSSR count). The standard InChI is InChI=1S/C26H23F3N4O6S/c1-16-23(34)33(19-6-10-21(11-7-19)40(37,38)26(27,28)29)25(36)32(16)15-17-12-13-30-14-22(17)24(35)31(2)18-4-8-20(39-3)9-5-18/h4-14,16H,15H2,1-3H3. The number of urea groups is 1. The van der Waals surface area contributed by atoms with Crippen molar-refractivity contribution in [3.63, 3.8) is 0 Å². The zero-order valence-electron chi connectivity index (χ0n) is 21.4. The number of hydrogen-bond donors (Lipinski definition) is 0. The number of aromatic nitrogens is 1. The predicted molar refractivity (Wildman–Crippen MR) is 138 cm³/mol. The molecular formula is C26H23F3N4O6S. The van der Waals surface area contributed by atoms with Gasteiger partial charge in [-0.1, -0.05) is 0 Å². The second kappa shape index (κ2) is 10.6. The molecule has 0 radical (unpaired) electrons. The number of imide groups is 1. The number of pyridine rings is 1. The minimum atomic E-state index is -5.60. The quantitative estimate of drug-likeness (QED) is 0.390. The molecule has 0 aliphatic carbocycles. The number of alkyl halides is 3. The number of carbonyl (C=O) groups is 3. The van der Waals surface area contributed by atoms with Crippen molar-refractivity contribution in [2.45, 2.75) is 29.9 Å². The fraction of sp³-hybridized carbons (Fsp3) is 0.231. The number of nitrogens with zero attached hydrogens (tertiary/aromatic N) is 4. The van der Waals surface area contributed by atoms with Crippen LogP contribution in [0.2, 0.25) is 0 Å². The number of benzene rings is 2. The summed E-state index contributed by atoms with van der Waals surface area (Å²) in [4.78, 5) is 46.0. The molecule has 2 aromatic carbocycles. The van der Waals surface area contributed by atoms with E-state index in [2.05, 4.69) is 4.98 Å². The van der Waals surface area contributed by atoms with E-state index in [1.165, 1.54) is 36.2 Å². The lowest BCUT2D eigenvalue weighted by molar-refractivity contribution is -0.119. The first-order chi connectivity index (χ1) is 18.8. The molecular weight excluding hydrogens is 553 g/mol. The normalized spacial score (nSPS) is 15.9. The van der Waals surface area contributed by atoms with Crippen molar-refractivity contribution in [2.24, 2.45) is 0 Å². The minimum absolute atomic E-state index is 0.101. The van der Waals surface area contributed by atoms with Crippen LogP contribution in [0.3, 0.4) is 0 Å². The number of methoxy groups -OCH3 is 1. The molecule has 3 aromatic rings. The third kappa shape index (κ3) is 5.09. The largest absolute Gasteiger partial charge is 0.501 e. The summed E-state index contributed by atoms with van der Waals surface area (Å²) in [5.74, 6) is -0.482. The zero-order chi connectivity index (χ0) is 29.4. The van der Waals surface area contributed by atoms with Gasteiger partial charge in [0.15, 0.2) is 0 Å². The van der Waals surface area contributed by atoms with E-state index in [1.54, 1.807) is 37.4 Å². The van der Waals surface area contributed by atoms with Gasteiger partial charge in [0.2, 0.25) is 0 Å². The predicted octanol–water partition coefficient (Wildman–Crippen LogP) is 4.02. The third-order valence-corrected chi connectivity index (χ3v) is 7.94. The van der Waals surface area contributed by atoms with Crippen LogP contribution in [-0.4, -0.2) is 61.9 Å². The summed E-state index contributed by atoms with van der Waals surface area (Å²) in [5, 5.41) is 0. The Kier molecular flexibility index (Phi) is 7.57. The number of rotatable bonds is 7. The Hall–Kier alpha value is -4.46. The summed E-state index contributed by atoms with van der Waals surface area (Å²) >= 11 is 0. The van der Waals surface area contributed by atoms with Crippen LogP contribution in [0.4, 0.5) is 29.3 Å². The van der Waals surface area contributed by atoms with Crippen molar-refractivity contribution >= 4 is 39.1 Å². The van der Waals surface area contributed by atoms with E-state index in [-0.39, 0.29) is 17.8 Å². The van der Waals surface area contributed by atoms with Gasteiger partial charge in [-0.15, -0.1) is 0 Å². The lowest BCUT2D eigenvalue weighted by Gasteiger charge is -2.23. The maximum atomic E-state index is 13.3.